The van der Waals surface area contributed by atoms with Gasteiger partial charge in [0.15, 0.2) is 0 Å². The molecule has 0 saturated carbocycles. The van der Waals surface area contributed by atoms with Crippen molar-refractivity contribution in [2.75, 3.05) is 7.11 Å². The van der Waals surface area contributed by atoms with Crippen LogP contribution >= 0.6 is 0 Å². The third-order valence-corrected chi connectivity index (χ3v) is 6.19. The third-order valence-electron chi connectivity index (χ3n) is 6.19. The molecule has 0 unspecified atom stereocenters. The van der Waals surface area contributed by atoms with Crippen molar-refractivity contribution < 1.29 is 4.74 Å². The Kier molecular flexibility index (Phi) is 4.84. The number of ether oxygens (including phenoxy) is 1. The predicted molar refractivity (Wildman–Crippen MR) is 134 cm³/mol. The Balaban J connectivity index is 1.35. The molecular weight excluding hydrogens is 422 g/mol. The molecule has 4 aromatic carbocycles. The van der Waals surface area contributed by atoms with Crippen molar-refractivity contribution in [3.8, 4) is 22.7 Å². The van der Waals surface area contributed by atoms with Gasteiger partial charge in [0.05, 0.1) is 37.6 Å². The summed E-state index contributed by atoms with van der Waals surface area (Å²) in [6.07, 6.45) is 5.75. The van der Waals surface area contributed by atoms with E-state index in [2.05, 4.69) is 69.9 Å². The Labute approximate surface area is 197 Å². The molecule has 0 aliphatic carbocycles. The van der Waals surface area contributed by atoms with Gasteiger partial charge in [-0.2, -0.15) is 0 Å². The van der Waals surface area contributed by atoms with Crippen molar-refractivity contribution in [1.29, 1.82) is 0 Å². The molecule has 6 aromatic rings. The van der Waals surface area contributed by atoms with Crippen LogP contribution in [0, 0.1) is 6.92 Å². The van der Waals surface area contributed by atoms with E-state index >= 15 is 0 Å². The maximum Gasteiger partial charge on any atom is 0.143 e. The number of rotatable bonds is 5. The van der Waals surface area contributed by atoms with Crippen LogP contribution in [0.5, 0.6) is 5.75 Å². The Bertz CT molecular complexity index is 1650. The molecule has 34 heavy (non-hydrogen) atoms. The normalized spacial score (nSPS) is 11.4. The average molecular weight is 446 g/mol. The van der Waals surface area contributed by atoms with Gasteiger partial charge >= 0.3 is 0 Å². The summed E-state index contributed by atoms with van der Waals surface area (Å²) >= 11 is 0. The quantitative estimate of drug-likeness (QED) is 0.315. The van der Waals surface area contributed by atoms with Gasteiger partial charge in [0.25, 0.3) is 0 Å². The minimum Gasteiger partial charge on any atom is -0.495 e. The van der Waals surface area contributed by atoms with Gasteiger partial charge in [-0.3, -0.25) is 0 Å². The molecule has 2 heterocycles. The van der Waals surface area contributed by atoms with Gasteiger partial charge in [-0.25, -0.2) is 9.67 Å². The second-order valence-corrected chi connectivity index (χ2v) is 8.41. The van der Waals surface area contributed by atoms with E-state index in [-0.39, 0.29) is 0 Å². The standard InChI is InChI=1S/C28H23N5O/c1-19-15-32(18-29-19)27-12-11-21(14-28(27)34-2)26-17-33(31-30-26)16-22-13-20-7-3-4-8-23(20)25-10-6-5-9-24(22)25/h3-15,17-18H,16H2,1-2H3. The maximum absolute atomic E-state index is 5.66. The molecule has 2 aromatic heterocycles. The molecular formula is C28H23N5O. The summed E-state index contributed by atoms with van der Waals surface area (Å²) in [6, 6.07) is 25.3. The van der Waals surface area contributed by atoms with Crippen LogP contribution in [0.2, 0.25) is 0 Å². The van der Waals surface area contributed by atoms with E-state index in [9.17, 15) is 0 Å². The summed E-state index contributed by atoms with van der Waals surface area (Å²) in [5.41, 5.74) is 4.86. The lowest BCUT2D eigenvalue weighted by molar-refractivity contribution is 0.413. The Morgan fingerprint density at radius 1 is 0.853 bits per heavy atom. The van der Waals surface area contributed by atoms with Gasteiger partial charge in [-0.05, 0) is 52.2 Å². The highest BCUT2D eigenvalue weighted by Gasteiger charge is 2.12. The highest BCUT2D eigenvalue weighted by molar-refractivity contribution is 6.08. The topological polar surface area (TPSA) is 57.8 Å². The second kappa shape index (κ2) is 8.15. The van der Waals surface area contributed by atoms with Crippen LogP contribution in [0.3, 0.4) is 0 Å². The van der Waals surface area contributed by atoms with Crippen LogP contribution in [0.4, 0.5) is 0 Å². The van der Waals surface area contributed by atoms with Gasteiger partial charge in [0, 0.05) is 11.8 Å². The lowest BCUT2D eigenvalue weighted by Crippen LogP contribution is -2.01. The number of methoxy groups -OCH3 is 1. The summed E-state index contributed by atoms with van der Waals surface area (Å²) < 4.78 is 9.51. The molecule has 0 aliphatic heterocycles. The zero-order chi connectivity index (χ0) is 23.1. The predicted octanol–water partition coefficient (Wildman–Crippen LogP) is 5.80. The number of aromatic nitrogens is 5. The average Bonchev–Trinajstić information content (AvgIpc) is 3.53. The molecule has 0 radical (unpaired) electrons. The number of hydrogen-bond donors (Lipinski definition) is 0. The van der Waals surface area contributed by atoms with Crippen LogP contribution in [-0.4, -0.2) is 31.7 Å². The van der Waals surface area contributed by atoms with Crippen molar-refractivity contribution in [3.63, 3.8) is 0 Å². The number of imidazole rings is 1. The van der Waals surface area contributed by atoms with Gasteiger partial charge < -0.3 is 9.30 Å². The number of aryl methyl sites for hydroxylation is 1. The largest absolute Gasteiger partial charge is 0.495 e. The lowest BCUT2D eigenvalue weighted by Gasteiger charge is -2.11. The fourth-order valence-electron chi connectivity index (χ4n) is 4.55. The monoisotopic (exact) mass is 445 g/mol. The molecule has 6 rings (SSSR count). The minimum absolute atomic E-state index is 0.641. The van der Waals surface area contributed by atoms with E-state index in [4.69, 9.17) is 4.74 Å². The van der Waals surface area contributed by atoms with Gasteiger partial charge in [-0.1, -0.05) is 59.8 Å². The zero-order valence-corrected chi connectivity index (χ0v) is 19.0. The van der Waals surface area contributed by atoms with Crippen molar-refractivity contribution in [2.24, 2.45) is 0 Å². The van der Waals surface area contributed by atoms with Gasteiger partial charge in [0.1, 0.15) is 11.4 Å². The number of nitrogens with zero attached hydrogens (tertiary/aromatic N) is 5. The first-order valence-corrected chi connectivity index (χ1v) is 11.2. The highest BCUT2D eigenvalue weighted by atomic mass is 16.5. The summed E-state index contributed by atoms with van der Waals surface area (Å²) in [4.78, 5) is 4.31. The molecule has 0 aliphatic rings. The summed E-state index contributed by atoms with van der Waals surface area (Å²) in [5.74, 6) is 0.755. The minimum atomic E-state index is 0.641. The van der Waals surface area contributed by atoms with Crippen LogP contribution in [0.15, 0.2) is 91.5 Å². The Hall–Kier alpha value is -4.45. The summed E-state index contributed by atoms with van der Waals surface area (Å²) in [6.45, 7) is 2.61. The van der Waals surface area contributed by atoms with Crippen molar-refractivity contribution >= 4 is 21.5 Å². The van der Waals surface area contributed by atoms with E-state index in [1.165, 1.54) is 27.1 Å². The Morgan fingerprint density at radius 3 is 2.44 bits per heavy atom. The Morgan fingerprint density at radius 2 is 1.65 bits per heavy atom. The van der Waals surface area contributed by atoms with E-state index in [0.29, 0.717) is 6.54 Å². The molecule has 0 spiro atoms. The third kappa shape index (κ3) is 3.49. The first-order chi connectivity index (χ1) is 16.7. The summed E-state index contributed by atoms with van der Waals surface area (Å²) in [5, 5.41) is 13.9. The van der Waals surface area contributed by atoms with Crippen molar-refractivity contribution in [3.05, 3.63) is 103 Å². The van der Waals surface area contributed by atoms with E-state index in [0.717, 1.165) is 28.4 Å². The van der Waals surface area contributed by atoms with E-state index in [1.54, 1.807) is 13.4 Å². The second-order valence-electron chi connectivity index (χ2n) is 8.41. The summed E-state index contributed by atoms with van der Waals surface area (Å²) in [7, 11) is 1.67. The molecule has 166 valence electrons. The van der Waals surface area contributed by atoms with Crippen LogP contribution in [0.1, 0.15) is 11.3 Å². The fourth-order valence-corrected chi connectivity index (χ4v) is 4.55. The first kappa shape index (κ1) is 20.2. The highest BCUT2D eigenvalue weighted by Crippen LogP contribution is 2.31. The van der Waals surface area contributed by atoms with Crippen LogP contribution < -0.4 is 4.74 Å². The molecule has 0 amide bonds. The molecule has 0 atom stereocenters. The number of fused-ring (bicyclic) bond motifs is 3. The molecule has 0 saturated heterocycles. The van der Waals surface area contributed by atoms with Gasteiger partial charge in [-0.15, -0.1) is 5.10 Å². The number of benzene rings is 4. The lowest BCUT2D eigenvalue weighted by atomic mass is 9.97. The SMILES string of the molecule is COc1cc(-c2cn(Cc3cc4ccccc4c4ccccc34)nn2)ccc1-n1cnc(C)c1. The molecule has 0 N–H and O–H groups in total. The number of hydrogen-bond acceptors (Lipinski definition) is 4. The van der Waals surface area contributed by atoms with E-state index < -0.39 is 0 Å². The van der Waals surface area contributed by atoms with Crippen LogP contribution in [0.25, 0.3) is 38.5 Å². The molecule has 0 fully saturated rings. The van der Waals surface area contributed by atoms with Gasteiger partial charge in [0.2, 0.25) is 0 Å². The smallest absolute Gasteiger partial charge is 0.143 e. The van der Waals surface area contributed by atoms with E-state index in [1.807, 2.05) is 46.8 Å². The maximum atomic E-state index is 5.66. The molecule has 6 heteroatoms. The fraction of sp³-hybridized carbons (Fsp3) is 0.107. The zero-order valence-electron chi connectivity index (χ0n) is 19.0. The van der Waals surface area contributed by atoms with Crippen molar-refractivity contribution in [2.45, 2.75) is 13.5 Å². The molecule has 6 nitrogen and oxygen atoms in total. The first-order valence-electron chi connectivity index (χ1n) is 11.2. The van der Waals surface area contributed by atoms with Crippen molar-refractivity contribution in [1.82, 2.24) is 24.5 Å². The molecule has 0 bridgehead atoms. The van der Waals surface area contributed by atoms with Crippen LogP contribution in [-0.2, 0) is 6.54 Å².